The molecule has 1 saturated carbocycles. The van der Waals surface area contributed by atoms with E-state index in [2.05, 4.69) is 12.2 Å². The van der Waals surface area contributed by atoms with Crippen LogP contribution in [0, 0.1) is 35.1 Å². The van der Waals surface area contributed by atoms with E-state index in [0.29, 0.717) is 18.8 Å². The van der Waals surface area contributed by atoms with Crippen molar-refractivity contribution in [3.8, 4) is 5.75 Å². The van der Waals surface area contributed by atoms with Gasteiger partial charge in [-0.05, 0) is 62.5 Å². The van der Waals surface area contributed by atoms with Gasteiger partial charge in [-0.1, -0.05) is 25.5 Å². The standard InChI is InChI=1S/C25H26F4O2/c1-3-5-14-7-9-15(10-8-14)13-30-19-12-18-21(25(29)23(19)27)20-17(31-18)11-16(6-4-2)22(26)24(20)28/h3,5,11-12,14-15H,4,6-10,13H2,1-2H3/b5-3+. The van der Waals surface area contributed by atoms with Gasteiger partial charge in [-0.3, -0.25) is 0 Å². The maximum atomic E-state index is 14.9. The number of hydrogen-bond acceptors (Lipinski definition) is 2. The predicted molar refractivity (Wildman–Crippen MR) is 113 cm³/mol. The molecule has 0 unspecified atom stereocenters. The van der Waals surface area contributed by atoms with E-state index in [-0.39, 0.29) is 40.4 Å². The first kappa shape index (κ1) is 21.7. The molecule has 31 heavy (non-hydrogen) atoms. The minimum atomic E-state index is -1.29. The molecule has 0 spiro atoms. The van der Waals surface area contributed by atoms with Gasteiger partial charge in [0.05, 0.1) is 17.4 Å². The Kier molecular flexibility index (Phi) is 6.26. The molecule has 166 valence electrons. The van der Waals surface area contributed by atoms with Gasteiger partial charge in [-0.25, -0.2) is 13.2 Å². The van der Waals surface area contributed by atoms with E-state index >= 15 is 0 Å². The van der Waals surface area contributed by atoms with Gasteiger partial charge in [0.2, 0.25) is 5.82 Å². The van der Waals surface area contributed by atoms with Crippen LogP contribution >= 0.6 is 0 Å². The third-order valence-electron chi connectivity index (χ3n) is 6.20. The van der Waals surface area contributed by atoms with Crippen molar-refractivity contribution in [2.45, 2.75) is 52.4 Å². The van der Waals surface area contributed by atoms with Gasteiger partial charge in [0.25, 0.3) is 0 Å². The molecule has 3 aromatic rings. The van der Waals surface area contributed by atoms with E-state index in [1.54, 1.807) is 0 Å². The van der Waals surface area contributed by atoms with Crippen molar-refractivity contribution in [3.63, 3.8) is 0 Å². The molecule has 0 saturated heterocycles. The summed E-state index contributed by atoms with van der Waals surface area (Å²) in [5, 5.41) is -0.774. The summed E-state index contributed by atoms with van der Waals surface area (Å²) >= 11 is 0. The van der Waals surface area contributed by atoms with Crippen molar-refractivity contribution in [1.29, 1.82) is 0 Å². The zero-order valence-electron chi connectivity index (χ0n) is 17.7. The van der Waals surface area contributed by atoms with Crippen molar-refractivity contribution in [1.82, 2.24) is 0 Å². The van der Waals surface area contributed by atoms with Crippen molar-refractivity contribution in [3.05, 3.63) is 53.1 Å². The summed E-state index contributed by atoms with van der Waals surface area (Å²) in [6.07, 6.45) is 9.19. The Hall–Kier alpha value is -2.50. The molecule has 1 aliphatic carbocycles. The first-order valence-electron chi connectivity index (χ1n) is 10.9. The fourth-order valence-electron chi connectivity index (χ4n) is 4.56. The number of rotatable bonds is 6. The van der Waals surface area contributed by atoms with Gasteiger partial charge in [-0.15, -0.1) is 0 Å². The number of allylic oxidation sites excluding steroid dienone is 2. The molecule has 2 aromatic carbocycles. The van der Waals surface area contributed by atoms with E-state index in [1.165, 1.54) is 12.1 Å². The van der Waals surface area contributed by atoms with E-state index in [1.807, 2.05) is 13.8 Å². The first-order valence-corrected chi connectivity index (χ1v) is 10.9. The molecule has 0 atom stereocenters. The average Bonchev–Trinajstić information content (AvgIpc) is 3.13. The van der Waals surface area contributed by atoms with Gasteiger partial charge in [-0.2, -0.15) is 4.39 Å². The molecule has 1 aromatic heterocycles. The fourth-order valence-corrected chi connectivity index (χ4v) is 4.56. The van der Waals surface area contributed by atoms with Crippen LogP contribution in [-0.2, 0) is 6.42 Å². The summed E-state index contributed by atoms with van der Waals surface area (Å²) in [6, 6.07) is 2.59. The Morgan fingerprint density at radius 1 is 0.935 bits per heavy atom. The van der Waals surface area contributed by atoms with Gasteiger partial charge in [0.15, 0.2) is 23.2 Å². The van der Waals surface area contributed by atoms with Crippen LogP contribution < -0.4 is 4.74 Å². The number of aryl methyl sites for hydroxylation is 1. The smallest absolute Gasteiger partial charge is 0.201 e. The quantitative estimate of drug-likeness (QED) is 0.291. The second kappa shape index (κ2) is 8.93. The van der Waals surface area contributed by atoms with Gasteiger partial charge >= 0.3 is 0 Å². The third-order valence-corrected chi connectivity index (χ3v) is 6.20. The molecule has 6 heteroatoms. The zero-order valence-corrected chi connectivity index (χ0v) is 17.7. The fraction of sp³-hybridized carbons (Fsp3) is 0.440. The lowest BCUT2D eigenvalue weighted by atomic mass is 9.82. The Morgan fingerprint density at radius 2 is 1.58 bits per heavy atom. The van der Waals surface area contributed by atoms with Crippen LogP contribution in [0.4, 0.5) is 17.6 Å². The molecule has 1 heterocycles. The Labute approximate surface area is 178 Å². The highest BCUT2D eigenvalue weighted by molar-refractivity contribution is 6.06. The van der Waals surface area contributed by atoms with Gasteiger partial charge < -0.3 is 9.15 Å². The lowest BCUT2D eigenvalue weighted by Crippen LogP contribution is -2.19. The summed E-state index contributed by atoms with van der Waals surface area (Å²) in [7, 11) is 0. The predicted octanol–water partition coefficient (Wildman–Crippen LogP) is 7.86. The SMILES string of the molecule is C/C=C/C1CCC(COc2cc3oc4cc(CCC)c(F)c(F)c4c3c(F)c2F)CC1. The monoisotopic (exact) mass is 434 g/mol. The third kappa shape index (κ3) is 4.04. The number of halogens is 4. The van der Waals surface area contributed by atoms with Crippen LogP contribution in [0.3, 0.4) is 0 Å². The summed E-state index contributed by atoms with van der Waals surface area (Å²) < 4.78 is 69.8. The zero-order chi connectivity index (χ0) is 22.1. The Bertz CT molecular complexity index is 1120. The second-order valence-corrected chi connectivity index (χ2v) is 8.38. The molecule has 0 bridgehead atoms. The van der Waals surface area contributed by atoms with Crippen molar-refractivity contribution in [2.75, 3.05) is 6.61 Å². The summed E-state index contributed by atoms with van der Waals surface area (Å²) in [4.78, 5) is 0. The number of hydrogen-bond donors (Lipinski definition) is 0. The lowest BCUT2D eigenvalue weighted by Gasteiger charge is -2.26. The summed E-state index contributed by atoms with van der Waals surface area (Å²) in [5.74, 6) is -4.21. The molecule has 0 amide bonds. The van der Waals surface area contributed by atoms with E-state index in [0.717, 1.165) is 25.7 Å². The normalized spacial score (nSPS) is 19.7. The maximum absolute atomic E-state index is 14.9. The second-order valence-electron chi connectivity index (χ2n) is 8.38. The summed E-state index contributed by atoms with van der Waals surface area (Å²) in [5.41, 5.74) is 0.0835. The molecular weight excluding hydrogens is 408 g/mol. The van der Waals surface area contributed by atoms with Crippen molar-refractivity contribution < 1.29 is 26.7 Å². The van der Waals surface area contributed by atoms with Crippen LogP contribution in [0.2, 0.25) is 0 Å². The first-order chi connectivity index (χ1) is 14.9. The maximum Gasteiger partial charge on any atom is 0.201 e. The van der Waals surface area contributed by atoms with E-state index < -0.39 is 28.7 Å². The summed E-state index contributed by atoms with van der Waals surface area (Å²) in [6.45, 7) is 4.12. The number of fused-ring (bicyclic) bond motifs is 3. The van der Waals surface area contributed by atoms with E-state index in [4.69, 9.17) is 9.15 Å². The van der Waals surface area contributed by atoms with Gasteiger partial charge in [0.1, 0.15) is 11.2 Å². The van der Waals surface area contributed by atoms with E-state index in [9.17, 15) is 17.6 Å². The molecule has 0 aliphatic heterocycles. The lowest BCUT2D eigenvalue weighted by molar-refractivity contribution is 0.188. The minimum Gasteiger partial charge on any atom is -0.490 e. The van der Waals surface area contributed by atoms with Crippen LogP contribution in [0.1, 0.15) is 51.5 Å². The molecule has 2 nitrogen and oxygen atoms in total. The molecule has 0 radical (unpaired) electrons. The highest BCUT2D eigenvalue weighted by atomic mass is 19.2. The molecule has 4 rings (SSSR count). The minimum absolute atomic E-state index is 0.00454. The molecule has 0 N–H and O–H groups in total. The van der Waals surface area contributed by atoms with Crippen molar-refractivity contribution >= 4 is 21.9 Å². The Morgan fingerprint density at radius 3 is 2.23 bits per heavy atom. The number of benzene rings is 2. The molecule has 1 aliphatic rings. The largest absolute Gasteiger partial charge is 0.490 e. The van der Waals surface area contributed by atoms with Crippen LogP contribution in [0.25, 0.3) is 21.9 Å². The molecular formula is C25H26F4O2. The van der Waals surface area contributed by atoms with Crippen molar-refractivity contribution in [2.24, 2.45) is 11.8 Å². The number of furan rings is 1. The van der Waals surface area contributed by atoms with Crippen LogP contribution in [0.5, 0.6) is 5.75 Å². The highest BCUT2D eigenvalue weighted by Crippen LogP contribution is 2.39. The van der Waals surface area contributed by atoms with Crippen LogP contribution in [-0.4, -0.2) is 6.61 Å². The molecule has 1 fully saturated rings. The highest BCUT2D eigenvalue weighted by Gasteiger charge is 2.26. The number of ether oxygens (including phenoxy) is 1. The average molecular weight is 434 g/mol. The Balaban J connectivity index is 1.63. The van der Waals surface area contributed by atoms with Crippen LogP contribution in [0.15, 0.2) is 28.7 Å². The van der Waals surface area contributed by atoms with Gasteiger partial charge in [0, 0.05) is 6.07 Å². The topological polar surface area (TPSA) is 22.4 Å².